The van der Waals surface area contributed by atoms with Gasteiger partial charge >= 0.3 is 0 Å². The van der Waals surface area contributed by atoms with Gasteiger partial charge in [-0.1, -0.05) is 31.6 Å². The molecule has 0 aliphatic carbocycles. The molecule has 0 aromatic carbocycles. The van der Waals surface area contributed by atoms with Crippen LogP contribution in [0, 0.1) is 0 Å². The summed E-state index contributed by atoms with van der Waals surface area (Å²) in [6.07, 6.45) is 4.24. The molecular formula is C14H24N2O2S. The van der Waals surface area contributed by atoms with Crippen molar-refractivity contribution in [1.29, 1.82) is 0 Å². The van der Waals surface area contributed by atoms with Crippen molar-refractivity contribution in [2.45, 2.75) is 52.7 Å². The first kappa shape index (κ1) is 16.1. The molecule has 19 heavy (non-hydrogen) atoms. The Kier molecular flexibility index (Phi) is 7.02. The fourth-order valence-electron chi connectivity index (χ4n) is 1.86. The van der Waals surface area contributed by atoms with Crippen molar-refractivity contribution in [2.24, 2.45) is 0 Å². The number of thiazole rings is 1. The highest BCUT2D eigenvalue weighted by atomic mass is 32.1. The number of nitrogens with zero attached hydrogens (tertiary/aromatic N) is 2. The molecule has 0 saturated carbocycles. The van der Waals surface area contributed by atoms with Gasteiger partial charge in [0, 0.05) is 19.7 Å². The van der Waals surface area contributed by atoms with Crippen LogP contribution in [0.4, 0.5) is 5.13 Å². The second kappa shape index (κ2) is 8.27. The van der Waals surface area contributed by atoms with Gasteiger partial charge in [0.15, 0.2) is 11.4 Å². The van der Waals surface area contributed by atoms with Crippen LogP contribution < -0.4 is 4.90 Å². The maximum absolute atomic E-state index is 11.1. The van der Waals surface area contributed by atoms with Crippen LogP contribution in [0.5, 0.6) is 0 Å². The quantitative estimate of drug-likeness (QED) is 0.651. The van der Waals surface area contributed by atoms with Crippen molar-refractivity contribution >= 4 is 22.8 Å². The molecule has 4 nitrogen and oxygen atoms in total. The molecule has 1 aromatic rings. The van der Waals surface area contributed by atoms with Gasteiger partial charge in [0.2, 0.25) is 0 Å². The number of hydrogen-bond donors (Lipinski definition) is 0. The van der Waals surface area contributed by atoms with E-state index in [1.54, 1.807) is 7.11 Å². The number of rotatable bonds is 9. The Bertz CT molecular complexity index is 393. The van der Waals surface area contributed by atoms with Gasteiger partial charge in [-0.05, 0) is 19.8 Å². The molecule has 0 aliphatic heterocycles. The molecule has 0 N–H and O–H groups in total. The molecule has 1 atom stereocenters. The second-order valence-corrected chi connectivity index (χ2v) is 5.67. The zero-order valence-electron chi connectivity index (χ0n) is 12.3. The first-order chi connectivity index (χ1) is 9.17. The van der Waals surface area contributed by atoms with Crippen LogP contribution in [0.2, 0.25) is 0 Å². The Labute approximate surface area is 119 Å². The van der Waals surface area contributed by atoms with E-state index < -0.39 is 0 Å². The Morgan fingerprint density at radius 3 is 2.74 bits per heavy atom. The van der Waals surface area contributed by atoms with E-state index >= 15 is 0 Å². The lowest BCUT2D eigenvalue weighted by atomic mass is 10.2. The number of carbonyl (C=O) groups excluding carboxylic acids is 1. The first-order valence-electron chi connectivity index (χ1n) is 6.88. The lowest BCUT2D eigenvalue weighted by molar-refractivity contribution is 0.112. The van der Waals surface area contributed by atoms with E-state index in [4.69, 9.17) is 4.74 Å². The van der Waals surface area contributed by atoms with Gasteiger partial charge in [0.25, 0.3) is 0 Å². The van der Waals surface area contributed by atoms with Crippen LogP contribution in [-0.2, 0) is 11.3 Å². The third-order valence-electron chi connectivity index (χ3n) is 3.23. The maximum atomic E-state index is 11.1. The van der Waals surface area contributed by atoms with E-state index in [0.29, 0.717) is 17.5 Å². The highest BCUT2D eigenvalue weighted by Crippen LogP contribution is 2.28. The molecule has 0 fully saturated rings. The van der Waals surface area contributed by atoms with E-state index in [1.807, 2.05) is 0 Å². The summed E-state index contributed by atoms with van der Waals surface area (Å²) < 4.78 is 5.10. The molecule has 0 saturated heterocycles. The van der Waals surface area contributed by atoms with Gasteiger partial charge in [-0.3, -0.25) is 4.79 Å². The van der Waals surface area contributed by atoms with Crippen molar-refractivity contribution in [1.82, 2.24) is 4.98 Å². The summed E-state index contributed by atoms with van der Waals surface area (Å²) in [5.41, 5.74) is 0.752. The lowest BCUT2D eigenvalue weighted by Crippen LogP contribution is -2.33. The average Bonchev–Trinajstić information content (AvgIpc) is 2.82. The summed E-state index contributed by atoms with van der Waals surface area (Å²) >= 11 is 1.47. The van der Waals surface area contributed by atoms with Gasteiger partial charge in [-0.15, -0.1) is 0 Å². The maximum Gasteiger partial charge on any atom is 0.186 e. The molecule has 108 valence electrons. The molecule has 0 spiro atoms. The molecule has 5 heteroatoms. The van der Waals surface area contributed by atoms with Crippen LogP contribution >= 0.6 is 11.3 Å². The molecule has 0 amide bonds. The van der Waals surface area contributed by atoms with E-state index in [9.17, 15) is 4.79 Å². The molecular weight excluding hydrogens is 260 g/mol. The Hall–Kier alpha value is -0.940. The molecule has 1 rings (SSSR count). The van der Waals surface area contributed by atoms with Gasteiger partial charge in [-0.2, -0.15) is 0 Å². The number of aromatic nitrogens is 1. The number of ether oxygens (including phenoxy) is 1. The second-order valence-electron chi connectivity index (χ2n) is 4.66. The summed E-state index contributed by atoms with van der Waals surface area (Å²) in [6, 6.07) is 0.438. The minimum atomic E-state index is 0.396. The van der Waals surface area contributed by atoms with Gasteiger partial charge in [0.05, 0.1) is 17.2 Å². The fraction of sp³-hybridized carbons (Fsp3) is 0.714. The minimum Gasteiger partial charge on any atom is -0.378 e. The number of carbonyl (C=O) groups is 1. The molecule has 0 bridgehead atoms. The number of aldehydes is 1. The third-order valence-corrected chi connectivity index (χ3v) is 4.29. The molecule has 1 aromatic heterocycles. The van der Waals surface area contributed by atoms with E-state index in [2.05, 4.69) is 30.7 Å². The highest BCUT2D eigenvalue weighted by molar-refractivity contribution is 7.17. The van der Waals surface area contributed by atoms with Gasteiger partial charge in [-0.25, -0.2) is 4.98 Å². The smallest absolute Gasteiger partial charge is 0.186 e. The summed E-state index contributed by atoms with van der Waals surface area (Å²) in [5, 5.41) is 0.942. The van der Waals surface area contributed by atoms with Crippen molar-refractivity contribution in [3.8, 4) is 0 Å². The van der Waals surface area contributed by atoms with Crippen LogP contribution in [0.3, 0.4) is 0 Å². The standard InChI is InChI=1S/C14H24N2O2S/c1-5-7-8-16(11(3)6-2)14-15-12(10-18-4)13(9-17)19-14/h9,11H,5-8,10H2,1-4H3. The van der Waals surface area contributed by atoms with Gasteiger partial charge in [0.1, 0.15) is 0 Å². The van der Waals surface area contributed by atoms with E-state index in [-0.39, 0.29) is 0 Å². The summed E-state index contributed by atoms with van der Waals surface area (Å²) in [6.45, 7) is 7.95. The SMILES string of the molecule is CCCCN(c1nc(COC)c(C=O)s1)C(C)CC. The summed E-state index contributed by atoms with van der Waals surface area (Å²) in [5.74, 6) is 0. The zero-order chi connectivity index (χ0) is 14.3. The fourth-order valence-corrected chi connectivity index (χ4v) is 2.87. The van der Waals surface area contributed by atoms with Crippen molar-refractivity contribution < 1.29 is 9.53 Å². The predicted octanol–water partition coefficient (Wildman–Crippen LogP) is 3.51. The summed E-state index contributed by atoms with van der Waals surface area (Å²) in [7, 11) is 1.62. The number of hydrogen-bond acceptors (Lipinski definition) is 5. The van der Waals surface area contributed by atoms with Crippen LogP contribution in [0.15, 0.2) is 0 Å². The Morgan fingerprint density at radius 2 is 2.21 bits per heavy atom. The third kappa shape index (κ3) is 4.28. The van der Waals surface area contributed by atoms with Gasteiger partial charge < -0.3 is 9.64 Å². The van der Waals surface area contributed by atoms with Crippen LogP contribution in [0.25, 0.3) is 0 Å². The topological polar surface area (TPSA) is 42.4 Å². The largest absolute Gasteiger partial charge is 0.378 e. The number of methoxy groups -OCH3 is 1. The minimum absolute atomic E-state index is 0.396. The van der Waals surface area contributed by atoms with Crippen LogP contribution in [0.1, 0.15) is 55.4 Å². The van der Waals surface area contributed by atoms with E-state index in [1.165, 1.54) is 11.3 Å². The van der Waals surface area contributed by atoms with Crippen LogP contribution in [-0.4, -0.2) is 31.0 Å². The molecule has 0 aliphatic rings. The van der Waals surface area contributed by atoms with Crippen molar-refractivity contribution in [2.75, 3.05) is 18.6 Å². The zero-order valence-corrected chi connectivity index (χ0v) is 13.1. The molecule has 1 unspecified atom stereocenters. The Morgan fingerprint density at radius 1 is 1.47 bits per heavy atom. The average molecular weight is 284 g/mol. The number of unbranched alkanes of at least 4 members (excludes halogenated alkanes) is 1. The summed E-state index contributed by atoms with van der Waals surface area (Å²) in [4.78, 5) is 18.7. The predicted molar refractivity (Wildman–Crippen MR) is 80.2 cm³/mol. The number of anilines is 1. The Balaban J connectivity index is 2.97. The van der Waals surface area contributed by atoms with Crippen molar-refractivity contribution in [3.05, 3.63) is 10.6 Å². The first-order valence-corrected chi connectivity index (χ1v) is 7.69. The lowest BCUT2D eigenvalue weighted by Gasteiger charge is -2.28. The highest BCUT2D eigenvalue weighted by Gasteiger charge is 2.19. The molecule has 1 heterocycles. The normalized spacial score (nSPS) is 12.4. The monoisotopic (exact) mass is 284 g/mol. The van der Waals surface area contributed by atoms with E-state index in [0.717, 1.165) is 42.9 Å². The van der Waals surface area contributed by atoms with Crippen molar-refractivity contribution in [3.63, 3.8) is 0 Å². The molecule has 0 radical (unpaired) electrons.